The van der Waals surface area contributed by atoms with E-state index in [2.05, 4.69) is 15.6 Å². The maximum atomic E-state index is 12.3. The van der Waals surface area contributed by atoms with Crippen molar-refractivity contribution in [3.8, 4) is 0 Å². The van der Waals surface area contributed by atoms with Crippen LogP contribution in [0.4, 0.5) is 13.2 Å². The van der Waals surface area contributed by atoms with Crippen LogP contribution in [-0.4, -0.2) is 42.6 Å². The first-order valence-corrected chi connectivity index (χ1v) is 8.82. The molecule has 1 amide bonds. The molecule has 5 nitrogen and oxygen atoms in total. The summed E-state index contributed by atoms with van der Waals surface area (Å²) in [6.07, 6.45) is -4.17. The molecule has 2 rings (SSSR count). The van der Waals surface area contributed by atoms with Crippen molar-refractivity contribution in [3.05, 3.63) is 35.4 Å². The van der Waals surface area contributed by atoms with Crippen molar-refractivity contribution in [2.75, 3.05) is 19.6 Å². The third-order valence-electron chi connectivity index (χ3n) is 4.06. The number of hydrogen-bond acceptors (Lipinski definition) is 2. The SMILES string of the molecule is CCNC(=NCCCC(=O)N1Cc2ccccc2C1)NCCC(F)(F)F. The molecule has 0 aromatic heterocycles. The zero-order chi connectivity index (χ0) is 19.0. The monoisotopic (exact) mass is 370 g/mol. The number of nitrogens with one attached hydrogen (secondary N) is 2. The van der Waals surface area contributed by atoms with Gasteiger partial charge in [-0.1, -0.05) is 24.3 Å². The van der Waals surface area contributed by atoms with E-state index >= 15 is 0 Å². The van der Waals surface area contributed by atoms with Crippen LogP contribution in [-0.2, 0) is 17.9 Å². The summed E-state index contributed by atoms with van der Waals surface area (Å²) < 4.78 is 36.6. The topological polar surface area (TPSA) is 56.7 Å². The number of nitrogens with zero attached hydrogens (tertiary/aromatic N) is 2. The van der Waals surface area contributed by atoms with Crippen molar-refractivity contribution in [2.24, 2.45) is 4.99 Å². The summed E-state index contributed by atoms with van der Waals surface area (Å²) in [4.78, 5) is 18.3. The Bertz CT molecular complexity index is 606. The summed E-state index contributed by atoms with van der Waals surface area (Å²) in [6, 6.07) is 8.00. The predicted molar refractivity (Wildman–Crippen MR) is 94.6 cm³/mol. The third kappa shape index (κ3) is 6.57. The van der Waals surface area contributed by atoms with E-state index in [1.165, 1.54) is 11.1 Å². The van der Waals surface area contributed by atoms with Gasteiger partial charge in [-0.25, -0.2) is 0 Å². The second-order valence-corrected chi connectivity index (χ2v) is 6.17. The Morgan fingerprint density at radius 3 is 2.42 bits per heavy atom. The first kappa shape index (κ1) is 20.1. The lowest BCUT2D eigenvalue weighted by atomic mass is 10.1. The Morgan fingerprint density at radius 1 is 1.19 bits per heavy atom. The number of alkyl halides is 3. The molecular formula is C18H25F3N4O. The van der Waals surface area contributed by atoms with Crippen LogP contribution in [0, 0.1) is 0 Å². The van der Waals surface area contributed by atoms with Gasteiger partial charge < -0.3 is 15.5 Å². The average Bonchev–Trinajstić information content (AvgIpc) is 3.01. The molecule has 1 aromatic rings. The molecule has 0 radical (unpaired) electrons. The zero-order valence-electron chi connectivity index (χ0n) is 14.9. The summed E-state index contributed by atoms with van der Waals surface area (Å²) >= 11 is 0. The van der Waals surface area contributed by atoms with Gasteiger partial charge >= 0.3 is 6.18 Å². The molecule has 1 aromatic carbocycles. The average molecular weight is 370 g/mol. The molecule has 0 spiro atoms. The molecule has 26 heavy (non-hydrogen) atoms. The molecule has 0 aliphatic carbocycles. The normalized spacial score (nSPS) is 14.3. The van der Waals surface area contributed by atoms with Gasteiger partial charge in [0.15, 0.2) is 5.96 Å². The molecule has 0 bridgehead atoms. The number of amides is 1. The van der Waals surface area contributed by atoms with Gasteiger partial charge in [-0.2, -0.15) is 13.2 Å². The number of halogens is 3. The van der Waals surface area contributed by atoms with Crippen LogP contribution in [0.15, 0.2) is 29.3 Å². The van der Waals surface area contributed by atoms with Crippen LogP contribution in [0.2, 0.25) is 0 Å². The van der Waals surface area contributed by atoms with Crippen LogP contribution in [0.5, 0.6) is 0 Å². The van der Waals surface area contributed by atoms with Crippen molar-refractivity contribution in [2.45, 2.75) is 45.5 Å². The highest BCUT2D eigenvalue weighted by atomic mass is 19.4. The molecule has 0 fully saturated rings. The van der Waals surface area contributed by atoms with Crippen molar-refractivity contribution in [3.63, 3.8) is 0 Å². The lowest BCUT2D eigenvalue weighted by molar-refractivity contribution is -0.133. The molecule has 8 heteroatoms. The Kier molecular flexibility index (Phi) is 7.29. The summed E-state index contributed by atoms with van der Waals surface area (Å²) in [6.45, 7) is 3.84. The minimum atomic E-state index is -4.19. The Morgan fingerprint density at radius 2 is 1.85 bits per heavy atom. The number of guanidine groups is 1. The Balaban J connectivity index is 1.71. The molecule has 1 heterocycles. The van der Waals surface area contributed by atoms with Gasteiger partial charge in [0.1, 0.15) is 0 Å². The van der Waals surface area contributed by atoms with Gasteiger partial charge in [-0.3, -0.25) is 9.79 Å². The van der Waals surface area contributed by atoms with E-state index in [4.69, 9.17) is 0 Å². The molecular weight excluding hydrogens is 345 g/mol. The number of fused-ring (bicyclic) bond motifs is 1. The number of aliphatic imine (C=N–C) groups is 1. The fraction of sp³-hybridized carbons (Fsp3) is 0.556. The van der Waals surface area contributed by atoms with Gasteiger partial charge in [0, 0.05) is 39.1 Å². The smallest absolute Gasteiger partial charge is 0.357 e. The van der Waals surface area contributed by atoms with Crippen LogP contribution in [0.25, 0.3) is 0 Å². The second-order valence-electron chi connectivity index (χ2n) is 6.17. The Hall–Kier alpha value is -2.25. The van der Waals surface area contributed by atoms with E-state index in [1.807, 2.05) is 36.1 Å². The number of carbonyl (C=O) groups excluding carboxylic acids is 1. The van der Waals surface area contributed by atoms with Gasteiger partial charge in [-0.05, 0) is 24.5 Å². The van der Waals surface area contributed by atoms with Gasteiger partial charge in [-0.15, -0.1) is 0 Å². The fourth-order valence-corrected chi connectivity index (χ4v) is 2.75. The molecule has 0 saturated carbocycles. The highest BCUT2D eigenvalue weighted by Crippen LogP contribution is 2.23. The Labute approximate surface area is 151 Å². The minimum absolute atomic E-state index is 0.0754. The van der Waals surface area contributed by atoms with E-state index in [1.54, 1.807) is 0 Å². The van der Waals surface area contributed by atoms with Crippen LogP contribution >= 0.6 is 0 Å². The molecule has 2 N–H and O–H groups in total. The van der Waals surface area contributed by atoms with Crippen molar-refractivity contribution >= 4 is 11.9 Å². The predicted octanol–water partition coefficient (Wildman–Crippen LogP) is 2.82. The molecule has 0 saturated heterocycles. The van der Waals surface area contributed by atoms with Crippen molar-refractivity contribution < 1.29 is 18.0 Å². The van der Waals surface area contributed by atoms with E-state index < -0.39 is 12.6 Å². The quantitative estimate of drug-likeness (QED) is 0.441. The lowest BCUT2D eigenvalue weighted by Crippen LogP contribution is -2.39. The molecule has 1 aliphatic heterocycles. The molecule has 0 atom stereocenters. The molecule has 1 aliphatic rings. The first-order chi connectivity index (χ1) is 12.4. The second kappa shape index (κ2) is 9.45. The fourth-order valence-electron chi connectivity index (χ4n) is 2.75. The van der Waals surface area contributed by atoms with E-state index in [-0.39, 0.29) is 12.5 Å². The maximum absolute atomic E-state index is 12.3. The summed E-state index contributed by atoms with van der Waals surface area (Å²) in [5.74, 6) is 0.421. The number of benzene rings is 1. The highest BCUT2D eigenvalue weighted by molar-refractivity contribution is 5.80. The van der Waals surface area contributed by atoms with Gasteiger partial charge in [0.25, 0.3) is 0 Å². The first-order valence-electron chi connectivity index (χ1n) is 8.82. The van der Waals surface area contributed by atoms with Crippen molar-refractivity contribution in [1.29, 1.82) is 0 Å². The number of carbonyl (C=O) groups is 1. The van der Waals surface area contributed by atoms with E-state index in [0.29, 0.717) is 45.0 Å². The standard InChI is InChI=1S/C18H25F3N4O/c1-2-22-17(24-11-9-18(19,20)21)23-10-5-8-16(26)25-12-14-6-3-4-7-15(14)13-25/h3-4,6-7H,2,5,8-13H2,1H3,(H2,22,23,24). The van der Waals surface area contributed by atoms with Crippen LogP contribution in [0.3, 0.4) is 0 Å². The largest absolute Gasteiger partial charge is 0.390 e. The number of rotatable bonds is 7. The van der Waals surface area contributed by atoms with E-state index in [0.717, 1.165) is 0 Å². The van der Waals surface area contributed by atoms with Crippen LogP contribution < -0.4 is 10.6 Å². The maximum Gasteiger partial charge on any atom is 0.390 e. The minimum Gasteiger partial charge on any atom is -0.357 e. The highest BCUT2D eigenvalue weighted by Gasteiger charge is 2.26. The van der Waals surface area contributed by atoms with E-state index in [9.17, 15) is 18.0 Å². The van der Waals surface area contributed by atoms with Crippen LogP contribution in [0.1, 0.15) is 37.3 Å². The number of hydrogen-bond donors (Lipinski definition) is 2. The molecule has 0 unspecified atom stereocenters. The van der Waals surface area contributed by atoms with Gasteiger partial charge in [0.05, 0.1) is 6.42 Å². The van der Waals surface area contributed by atoms with Gasteiger partial charge in [0.2, 0.25) is 5.91 Å². The lowest BCUT2D eigenvalue weighted by Gasteiger charge is -2.15. The summed E-state index contributed by atoms with van der Waals surface area (Å²) in [7, 11) is 0. The summed E-state index contributed by atoms with van der Waals surface area (Å²) in [5, 5.41) is 5.56. The third-order valence-corrected chi connectivity index (χ3v) is 4.06. The zero-order valence-corrected chi connectivity index (χ0v) is 14.9. The summed E-state index contributed by atoms with van der Waals surface area (Å²) in [5.41, 5.74) is 2.37. The molecule has 144 valence electrons. The van der Waals surface area contributed by atoms with Crippen molar-refractivity contribution in [1.82, 2.24) is 15.5 Å².